The van der Waals surface area contributed by atoms with E-state index in [1.54, 1.807) is 0 Å². The number of aliphatic hydroxyl groups is 2. The number of carbonyl (C=O) groups excluding carboxylic acids is 1. The zero-order valence-corrected chi connectivity index (χ0v) is 19.7. The van der Waals surface area contributed by atoms with E-state index < -0.39 is 33.0 Å². The van der Waals surface area contributed by atoms with Crippen molar-refractivity contribution in [1.82, 2.24) is 0 Å². The molecule has 2 N–H and O–H groups in total. The molecule has 0 aromatic heterocycles. The molecule has 1 fully saturated rings. The molecule has 0 aromatic carbocycles. The maximum Gasteiger partial charge on any atom is 0.141 e. The van der Waals surface area contributed by atoms with Gasteiger partial charge in [0, 0.05) is 18.1 Å². The summed E-state index contributed by atoms with van der Waals surface area (Å²) >= 11 is 0. The Kier molecular flexibility index (Phi) is 5.55. The van der Waals surface area contributed by atoms with Crippen molar-refractivity contribution in [2.45, 2.75) is 103 Å². The smallest absolute Gasteiger partial charge is 0.141 e. The van der Waals surface area contributed by atoms with Gasteiger partial charge in [-0.05, 0) is 10.1 Å². The van der Waals surface area contributed by atoms with Crippen molar-refractivity contribution in [3.05, 3.63) is 0 Å². The predicted molar refractivity (Wildman–Crippen MR) is 108 cm³/mol. The van der Waals surface area contributed by atoms with Crippen molar-refractivity contribution in [1.29, 1.82) is 0 Å². The number of hydrogen-bond acceptors (Lipinski definition) is 3. The number of aliphatic hydroxyl groups excluding tert-OH is 2. The van der Waals surface area contributed by atoms with Crippen molar-refractivity contribution < 1.29 is 15.0 Å². The van der Waals surface area contributed by atoms with Crippen LogP contribution in [-0.2, 0) is 4.79 Å². The van der Waals surface area contributed by atoms with Crippen LogP contribution in [0, 0.1) is 11.3 Å². The van der Waals surface area contributed by atoms with Gasteiger partial charge in [0.05, 0.1) is 27.3 Å². The predicted octanol–water partition coefficient (Wildman–Crippen LogP) is 4.40. The maximum absolute atomic E-state index is 12.6. The second-order valence-electron chi connectivity index (χ2n) is 11.3. The number of hydrogen-bond donors (Lipinski definition) is 2. The van der Waals surface area contributed by atoms with E-state index in [1.807, 2.05) is 6.92 Å². The summed E-state index contributed by atoms with van der Waals surface area (Å²) in [5, 5.41) is 22.6. The van der Waals surface area contributed by atoms with Crippen molar-refractivity contribution >= 4 is 21.9 Å². The largest absolute Gasteiger partial charge is 0.396 e. The lowest BCUT2D eigenvalue weighted by atomic mass is 9.60. The summed E-state index contributed by atoms with van der Waals surface area (Å²) in [5.74, 6) is 0.0117. The van der Waals surface area contributed by atoms with Gasteiger partial charge >= 0.3 is 0 Å². The maximum atomic E-state index is 12.6. The second kappa shape index (κ2) is 6.03. The third-order valence-electron chi connectivity index (χ3n) is 8.01. The quantitative estimate of drug-likeness (QED) is 0.719. The highest BCUT2D eigenvalue weighted by Gasteiger charge is 2.65. The fraction of sp³-hybridized carbons (Fsp3) is 0.947. The molecule has 1 aliphatic carbocycles. The van der Waals surface area contributed by atoms with Gasteiger partial charge in [0.1, 0.15) is 5.78 Å². The summed E-state index contributed by atoms with van der Waals surface area (Å²) in [6.45, 7) is 23.7. The van der Waals surface area contributed by atoms with Gasteiger partial charge in [0.15, 0.2) is 0 Å². The molecule has 3 nitrogen and oxygen atoms in total. The minimum absolute atomic E-state index is 0.00221. The number of carbonyl (C=O) groups is 1. The standard InChI is InChI=1S/C19H40O3Si2/c1-17(2,3)23(8,9)15(21)13-12-14(20)19(13,7)16(22)24(10,11)18(4,5)6/h13,15-16,21-22H,12H2,1-11H3. The van der Waals surface area contributed by atoms with Crippen LogP contribution in [0.25, 0.3) is 0 Å². The molecular formula is C19H40O3Si2. The van der Waals surface area contributed by atoms with Crippen molar-refractivity contribution in [3.63, 3.8) is 0 Å². The Morgan fingerprint density at radius 2 is 1.33 bits per heavy atom. The van der Waals surface area contributed by atoms with Crippen molar-refractivity contribution in [2.24, 2.45) is 11.3 Å². The van der Waals surface area contributed by atoms with Crippen LogP contribution in [0.1, 0.15) is 54.9 Å². The van der Waals surface area contributed by atoms with Gasteiger partial charge < -0.3 is 10.2 Å². The Morgan fingerprint density at radius 1 is 0.958 bits per heavy atom. The van der Waals surface area contributed by atoms with E-state index in [0.717, 1.165) is 0 Å². The summed E-state index contributed by atoms with van der Waals surface area (Å²) < 4.78 is 0. The Morgan fingerprint density at radius 3 is 1.62 bits per heavy atom. The average molecular weight is 373 g/mol. The van der Waals surface area contributed by atoms with E-state index in [4.69, 9.17) is 0 Å². The average Bonchev–Trinajstić information content (AvgIpc) is 2.39. The topological polar surface area (TPSA) is 57.5 Å². The number of rotatable bonds is 4. The lowest BCUT2D eigenvalue weighted by Gasteiger charge is -2.59. The van der Waals surface area contributed by atoms with Crippen molar-refractivity contribution in [2.75, 3.05) is 0 Å². The molecule has 24 heavy (non-hydrogen) atoms. The molecule has 0 amide bonds. The van der Waals surface area contributed by atoms with Crippen LogP contribution >= 0.6 is 0 Å². The molecular weight excluding hydrogens is 332 g/mol. The molecule has 1 aliphatic rings. The van der Waals surface area contributed by atoms with Crippen LogP contribution in [0.4, 0.5) is 0 Å². The summed E-state index contributed by atoms with van der Waals surface area (Å²) in [6, 6.07) is 0. The summed E-state index contributed by atoms with van der Waals surface area (Å²) in [5.41, 5.74) is -1.90. The Balaban J connectivity index is 3.25. The molecule has 0 heterocycles. The molecule has 5 heteroatoms. The molecule has 0 aromatic rings. The summed E-state index contributed by atoms with van der Waals surface area (Å²) in [7, 11) is -4.11. The van der Waals surface area contributed by atoms with Crippen LogP contribution < -0.4 is 0 Å². The van der Waals surface area contributed by atoms with E-state index in [-0.39, 0.29) is 21.8 Å². The minimum Gasteiger partial charge on any atom is -0.396 e. The van der Waals surface area contributed by atoms with E-state index >= 15 is 0 Å². The van der Waals surface area contributed by atoms with Gasteiger partial charge in [-0.25, -0.2) is 0 Å². The van der Waals surface area contributed by atoms with E-state index in [2.05, 4.69) is 67.7 Å². The molecule has 4 unspecified atom stereocenters. The van der Waals surface area contributed by atoms with E-state index in [0.29, 0.717) is 6.42 Å². The highest BCUT2D eigenvalue weighted by Crippen LogP contribution is 2.56. The zero-order chi connectivity index (χ0) is 19.5. The molecule has 4 atom stereocenters. The first kappa shape index (κ1) is 22.1. The molecule has 0 spiro atoms. The van der Waals surface area contributed by atoms with Gasteiger partial charge in [-0.3, -0.25) is 4.79 Å². The van der Waals surface area contributed by atoms with E-state index in [1.165, 1.54) is 0 Å². The third kappa shape index (κ3) is 3.10. The van der Waals surface area contributed by atoms with E-state index in [9.17, 15) is 15.0 Å². The molecule has 0 bridgehead atoms. The zero-order valence-electron chi connectivity index (χ0n) is 17.7. The molecule has 1 rings (SSSR count). The van der Waals surface area contributed by atoms with Gasteiger partial charge in [-0.2, -0.15) is 0 Å². The van der Waals surface area contributed by atoms with Crippen LogP contribution in [0.2, 0.25) is 36.3 Å². The fourth-order valence-electron chi connectivity index (χ4n) is 3.61. The molecule has 142 valence electrons. The number of ketones is 1. The molecule has 0 saturated heterocycles. The van der Waals surface area contributed by atoms with Gasteiger partial charge in [-0.15, -0.1) is 0 Å². The Labute approximate surface area is 151 Å². The Bertz CT molecular complexity index is 500. The fourth-order valence-corrected chi connectivity index (χ4v) is 8.66. The van der Waals surface area contributed by atoms with Crippen LogP contribution in [0.15, 0.2) is 0 Å². The normalized spacial score (nSPS) is 29.2. The van der Waals surface area contributed by atoms with Crippen LogP contribution in [-0.4, -0.2) is 43.6 Å². The lowest BCUT2D eigenvalue weighted by molar-refractivity contribution is -0.157. The van der Waals surface area contributed by atoms with Gasteiger partial charge in [0.25, 0.3) is 0 Å². The second-order valence-corrected chi connectivity index (χ2v) is 22.3. The first-order valence-corrected chi connectivity index (χ1v) is 15.4. The first-order valence-electron chi connectivity index (χ1n) is 9.22. The molecule has 0 radical (unpaired) electrons. The van der Waals surface area contributed by atoms with Gasteiger partial charge in [0.2, 0.25) is 0 Å². The van der Waals surface area contributed by atoms with Gasteiger partial charge in [-0.1, -0.05) is 74.7 Å². The highest BCUT2D eigenvalue weighted by molar-refractivity contribution is 6.82. The molecule has 0 aliphatic heterocycles. The van der Waals surface area contributed by atoms with Crippen molar-refractivity contribution in [3.8, 4) is 0 Å². The number of Topliss-reactive ketones (excluding diaryl/α,β-unsaturated/α-hetero) is 1. The summed E-state index contributed by atoms with van der Waals surface area (Å²) in [4.78, 5) is 12.6. The first-order chi connectivity index (χ1) is 10.3. The monoisotopic (exact) mass is 372 g/mol. The highest BCUT2D eigenvalue weighted by atomic mass is 28.3. The summed E-state index contributed by atoms with van der Waals surface area (Å²) in [6.07, 6.45) is 0.413. The van der Waals surface area contributed by atoms with Crippen LogP contribution in [0.5, 0.6) is 0 Å². The minimum atomic E-state index is -2.11. The Hall–Kier alpha value is 0.0238. The molecule has 1 saturated carbocycles. The van der Waals surface area contributed by atoms with Crippen LogP contribution in [0.3, 0.4) is 0 Å². The third-order valence-corrected chi connectivity index (χ3v) is 19.6. The lowest BCUT2D eigenvalue weighted by Crippen LogP contribution is -2.70. The SMILES string of the molecule is CC1(C(O)[Si](C)(C)C(C)(C)C)C(=O)CC1C(O)[Si](C)(C)C(C)(C)C.